The largest absolute Gasteiger partial charge is 0.314 e. The lowest BCUT2D eigenvalue weighted by atomic mass is 10.0. The predicted molar refractivity (Wildman–Crippen MR) is 77.0 cm³/mol. The van der Waals surface area contributed by atoms with Crippen molar-refractivity contribution >= 4 is 21.6 Å². The van der Waals surface area contributed by atoms with Gasteiger partial charge in [0.1, 0.15) is 0 Å². The Kier molecular flexibility index (Phi) is 4.50. The van der Waals surface area contributed by atoms with Gasteiger partial charge in [0.15, 0.2) is 0 Å². The van der Waals surface area contributed by atoms with Crippen molar-refractivity contribution in [3.05, 3.63) is 28.8 Å². The summed E-state index contributed by atoms with van der Waals surface area (Å²) < 4.78 is 27.6. The van der Waals surface area contributed by atoms with Gasteiger partial charge in [0.05, 0.1) is 4.90 Å². The van der Waals surface area contributed by atoms with E-state index in [2.05, 4.69) is 17.0 Å². The number of hydrogen-bond donors (Lipinski definition) is 2. The van der Waals surface area contributed by atoms with Crippen molar-refractivity contribution in [2.75, 3.05) is 6.54 Å². The van der Waals surface area contributed by atoms with Crippen LogP contribution in [-0.2, 0) is 10.0 Å². The van der Waals surface area contributed by atoms with E-state index in [4.69, 9.17) is 11.6 Å². The van der Waals surface area contributed by atoms with Crippen molar-refractivity contribution < 1.29 is 8.42 Å². The van der Waals surface area contributed by atoms with Crippen molar-refractivity contribution in [2.45, 2.75) is 43.7 Å². The molecule has 19 heavy (non-hydrogen) atoms. The second kappa shape index (κ2) is 5.79. The van der Waals surface area contributed by atoms with E-state index in [0.29, 0.717) is 16.6 Å². The Hall–Kier alpha value is -0.620. The minimum Gasteiger partial charge on any atom is -0.314 e. The Morgan fingerprint density at radius 2 is 2.16 bits per heavy atom. The van der Waals surface area contributed by atoms with Crippen LogP contribution in [0.4, 0.5) is 0 Å². The quantitative estimate of drug-likeness (QED) is 0.898. The van der Waals surface area contributed by atoms with E-state index in [0.717, 1.165) is 19.4 Å². The van der Waals surface area contributed by atoms with Crippen molar-refractivity contribution in [1.29, 1.82) is 0 Å². The number of aryl methyl sites for hydroxylation is 1. The second-order valence-corrected chi connectivity index (χ2v) is 7.23. The molecule has 0 saturated carbocycles. The van der Waals surface area contributed by atoms with E-state index >= 15 is 0 Å². The number of rotatable bonds is 3. The molecule has 0 spiro atoms. The number of halogens is 1. The molecule has 1 aromatic rings. The van der Waals surface area contributed by atoms with Crippen LogP contribution in [-0.4, -0.2) is 27.0 Å². The summed E-state index contributed by atoms with van der Waals surface area (Å²) in [6.45, 7) is 4.67. The first-order chi connectivity index (χ1) is 8.88. The molecule has 6 heteroatoms. The monoisotopic (exact) mass is 302 g/mol. The first-order valence-corrected chi connectivity index (χ1v) is 8.26. The van der Waals surface area contributed by atoms with Crippen LogP contribution in [0.5, 0.6) is 0 Å². The molecule has 1 aliphatic heterocycles. The summed E-state index contributed by atoms with van der Waals surface area (Å²) in [4.78, 5) is 0.270. The van der Waals surface area contributed by atoms with E-state index in [-0.39, 0.29) is 10.9 Å². The van der Waals surface area contributed by atoms with Gasteiger partial charge in [-0.2, -0.15) is 0 Å². The predicted octanol–water partition coefficient (Wildman–Crippen LogP) is 2.07. The summed E-state index contributed by atoms with van der Waals surface area (Å²) in [6, 6.07) is 5.25. The van der Waals surface area contributed by atoms with Crippen LogP contribution < -0.4 is 10.0 Å². The van der Waals surface area contributed by atoms with Gasteiger partial charge in [-0.3, -0.25) is 0 Å². The zero-order valence-electron chi connectivity index (χ0n) is 11.1. The van der Waals surface area contributed by atoms with Crippen LogP contribution in [0.15, 0.2) is 23.1 Å². The molecule has 106 valence electrons. The summed E-state index contributed by atoms with van der Waals surface area (Å²) in [5, 5.41) is 3.74. The van der Waals surface area contributed by atoms with Crippen LogP contribution in [0, 0.1) is 6.92 Å². The van der Waals surface area contributed by atoms with Gasteiger partial charge in [0.25, 0.3) is 0 Å². The summed E-state index contributed by atoms with van der Waals surface area (Å²) in [5.41, 5.74) is 0.707. The molecule has 0 amide bonds. The van der Waals surface area contributed by atoms with E-state index in [1.807, 2.05) is 0 Å². The lowest BCUT2D eigenvalue weighted by Gasteiger charge is -2.28. The fourth-order valence-electron chi connectivity index (χ4n) is 2.39. The molecule has 2 N–H and O–H groups in total. The van der Waals surface area contributed by atoms with E-state index < -0.39 is 10.0 Å². The molecule has 1 saturated heterocycles. The van der Waals surface area contributed by atoms with Crippen LogP contribution in [0.3, 0.4) is 0 Å². The van der Waals surface area contributed by atoms with E-state index in [1.54, 1.807) is 19.1 Å². The van der Waals surface area contributed by atoms with Crippen molar-refractivity contribution in [2.24, 2.45) is 0 Å². The van der Waals surface area contributed by atoms with Gasteiger partial charge < -0.3 is 5.32 Å². The van der Waals surface area contributed by atoms with Gasteiger partial charge >= 0.3 is 0 Å². The second-order valence-electron chi connectivity index (χ2n) is 5.11. The third kappa shape index (κ3) is 3.69. The Morgan fingerprint density at radius 3 is 2.84 bits per heavy atom. The maximum atomic E-state index is 12.4. The highest BCUT2D eigenvalue weighted by Gasteiger charge is 2.25. The smallest absolute Gasteiger partial charge is 0.241 e. The van der Waals surface area contributed by atoms with Crippen molar-refractivity contribution in [3.63, 3.8) is 0 Å². The maximum Gasteiger partial charge on any atom is 0.241 e. The maximum absolute atomic E-state index is 12.4. The van der Waals surface area contributed by atoms with Crippen LogP contribution in [0.2, 0.25) is 5.02 Å². The number of benzene rings is 1. The number of sulfonamides is 1. The molecular weight excluding hydrogens is 284 g/mol. The summed E-state index contributed by atoms with van der Waals surface area (Å²) in [7, 11) is -3.50. The highest BCUT2D eigenvalue weighted by atomic mass is 35.5. The Bertz CT molecular complexity index is 560. The van der Waals surface area contributed by atoms with Gasteiger partial charge in [-0.25, -0.2) is 13.1 Å². The number of nitrogens with one attached hydrogen (secondary N) is 2. The molecule has 1 heterocycles. The number of piperidine rings is 1. The molecule has 0 bridgehead atoms. The van der Waals surface area contributed by atoms with Gasteiger partial charge in [0.2, 0.25) is 10.0 Å². The van der Waals surface area contributed by atoms with Crippen molar-refractivity contribution in [3.8, 4) is 0 Å². The summed E-state index contributed by atoms with van der Waals surface area (Å²) in [5.74, 6) is 0. The van der Waals surface area contributed by atoms with Gasteiger partial charge in [-0.1, -0.05) is 17.7 Å². The normalized spacial score (nSPS) is 24.4. The van der Waals surface area contributed by atoms with Crippen LogP contribution in [0.1, 0.15) is 25.3 Å². The molecule has 0 aromatic heterocycles. The molecule has 1 fully saturated rings. The zero-order chi connectivity index (χ0) is 14.0. The first kappa shape index (κ1) is 14.8. The standard InChI is InChI=1S/C13H19ClN2O2S/c1-9-3-4-11(14)8-13(9)19(17,18)16-12-5-6-15-10(2)7-12/h3-4,8,10,12,15-16H,5-7H2,1-2H3. The highest BCUT2D eigenvalue weighted by molar-refractivity contribution is 7.89. The fourth-order valence-corrected chi connectivity index (χ4v) is 4.18. The minimum atomic E-state index is -3.50. The third-order valence-corrected chi connectivity index (χ3v) is 5.28. The number of hydrogen-bond acceptors (Lipinski definition) is 3. The average molecular weight is 303 g/mol. The van der Waals surface area contributed by atoms with Gasteiger partial charge in [0, 0.05) is 17.1 Å². The molecule has 2 atom stereocenters. The molecule has 1 aromatic carbocycles. The Labute approximate surface area is 119 Å². The Morgan fingerprint density at radius 1 is 1.42 bits per heavy atom. The van der Waals surface area contributed by atoms with E-state index in [1.165, 1.54) is 6.07 Å². The van der Waals surface area contributed by atoms with Crippen LogP contribution in [0.25, 0.3) is 0 Å². The summed E-state index contributed by atoms with van der Waals surface area (Å²) in [6.07, 6.45) is 1.61. The Balaban J connectivity index is 2.20. The van der Waals surface area contributed by atoms with Crippen molar-refractivity contribution in [1.82, 2.24) is 10.0 Å². The van der Waals surface area contributed by atoms with E-state index in [9.17, 15) is 8.42 Å². The SMILES string of the molecule is Cc1ccc(Cl)cc1S(=O)(=O)NC1CCNC(C)C1. The van der Waals surface area contributed by atoms with Gasteiger partial charge in [-0.05, 0) is 50.9 Å². The lowest BCUT2D eigenvalue weighted by Crippen LogP contribution is -2.46. The summed E-state index contributed by atoms with van der Waals surface area (Å²) >= 11 is 5.89. The zero-order valence-corrected chi connectivity index (χ0v) is 12.7. The van der Waals surface area contributed by atoms with Crippen LogP contribution >= 0.6 is 11.6 Å². The molecular formula is C13H19ClN2O2S. The minimum absolute atomic E-state index is 0.0142. The molecule has 0 aliphatic carbocycles. The molecule has 1 aliphatic rings. The fraction of sp³-hybridized carbons (Fsp3) is 0.538. The average Bonchev–Trinajstić information content (AvgIpc) is 2.31. The lowest BCUT2D eigenvalue weighted by molar-refractivity contribution is 0.361. The highest BCUT2D eigenvalue weighted by Crippen LogP contribution is 2.21. The molecule has 4 nitrogen and oxygen atoms in total. The molecule has 2 unspecified atom stereocenters. The topological polar surface area (TPSA) is 58.2 Å². The molecule has 0 radical (unpaired) electrons. The first-order valence-electron chi connectivity index (χ1n) is 6.40. The van der Waals surface area contributed by atoms with Gasteiger partial charge in [-0.15, -0.1) is 0 Å². The molecule has 2 rings (SSSR count). The third-order valence-electron chi connectivity index (χ3n) is 3.39.